The number of aryl methyl sites for hydroxylation is 1. The maximum absolute atomic E-state index is 12.5. The van der Waals surface area contributed by atoms with Gasteiger partial charge in [0.25, 0.3) is 0 Å². The Morgan fingerprint density at radius 3 is 2.69 bits per heavy atom. The van der Waals surface area contributed by atoms with Crippen LogP contribution in [0, 0.1) is 6.92 Å². The predicted molar refractivity (Wildman–Crippen MR) is 110 cm³/mol. The van der Waals surface area contributed by atoms with E-state index in [2.05, 4.69) is 46.1 Å². The maximum Gasteiger partial charge on any atom is 0.387 e. The van der Waals surface area contributed by atoms with E-state index in [0.717, 1.165) is 32.5 Å². The lowest BCUT2D eigenvalue weighted by Gasteiger charge is -2.32. The molecule has 1 saturated heterocycles. The molecule has 0 radical (unpaired) electrons. The highest BCUT2D eigenvalue weighted by Gasteiger charge is 2.20. The van der Waals surface area contributed by atoms with Crippen LogP contribution in [0.1, 0.15) is 29.5 Å². The third kappa shape index (κ3) is 6.68. The Kier molecular flexibility index (Phi) is 7.36. The molecule has 154 valence electrons. The minimum Gasteiger partial charge on any atom is -0.434 e. The molecule has 29 heavy (non-hydrogen) atoms. The number of piperidine rings is 1. The van der Waals surface area contributed by atoms with Crippen LogP contribution in [-0.2, 0) is 11.3 Å². The first-order valence-electron chi connectivity index (χ1n) is 9.80. The van der Waals surface area contributed by atoms with Gasteiger partial charge in [-0.3, -0.25) is 9.69 Å². The van der Waals surface area contributed by atoms with Gasteiger partial charge in [-0.15, -0.1) is 0 Å². The molecule has 0 bridgehead atoms. The van der Waals surface area contributed by atoms with Gasteiger partial charge in [-0.25, -0.2) is 0 Å². The van der Waals surface area contributed by atoms with Crippen LogP contribution in [0.2, 0.25) is 0 Å². The Bertz CT molecular complexity index is 846. The van der Waals surface area contributed by atoms with Crippen molar-refractivity contribution in [2.75, 3.05) is 13.1 Å². The SMILES string of the molecule is Cc1cccc(CN2CCC(NC(=O)C=Cc3ccccc3OC(F)F)CC2)c1. The van der Waals surface area contributed by atoms with Crippen molar-refractivity contribution >= 4 is 12.0 Å². The van der Waals surface area contributed by atoms with Gasteiger partial charge in [0.1, 0.15) is 5.75 Å². The molecule has 0 saturated carbocycles. The third-order valence-electron chi connectivity index (χ3n) is 4.97. The number of hydrogen-bond acceptors (Lipinski definition) is 3. The monoisotopic (exact) mass is 400 g/mol. The van der Waals surface area contributed by atoms with Crippen LogP contribution in [0.15, 0.2) is 54.6 Å². The zero-order chi connectivity index (χ0) is 20.6. The topological polar surface area (TPSA) is 41.6 Å². The molecule has 0 aromatic heterocycles. The van der Waals surface area contributed by atoms with Crippen molar-refractivity contribution in [1.82, 2.24) is 10.2 Å². The van der Waals surface area contributed by atoms with E-state index in [4.69, 9.17) is 0 Å². The molecular formula is C23H26F2N2O2. The summed E-state index contributed by atoms with van der Waals surface area (Å²) in [5.74, 6) is -0.176. The molecule has 4 nitrogen and oxygen atoms in total. The Labute approximate surface area is 170 Å². The molecule has 0 aliphatic carbocycles. The van der Waals surface area contributed by atoms with Crippen LogP contribution < -0.4 is 10.1 Å². The quantitative estimate of drug-likeness (QED) is 0.701. The minimum atomic E-state index is -2.90. The van der Waals surface area contributed by atoms with Crippen LogP contribution in [0.5, 0.6) is 5.75 Å². The molecule has 1 aliphatic heterocycles. The molecule has 0 unspecified atom stereocenters. The second kappa shape index (κ2) is 10.2. The Balaban J connectivity index is 1.47. The molecule has 1 fully saturated rings. The van der Waals surface area contributed by atoms with Crippen molar-refractivity contribution in [3.05, 3.63) is 71.3 Å². The number of amides is 1. The summed E-state index contributed by atoms with van der Waals surface area (Å²) in [5.41, 5.74) is 3.01. The highest BCUT2D eigenvalue weighted by molar-refractivity contribution is 5.92. The number of benzene rings is 2. The van der Waals surface area contributed by atoms with E-state index in [1.54, 1.807) is 18.2 Å². The number of alkyl halides is 2. The van der Waals surface area contributed by atoms with Gasteiger partial charge in [0.15, 0.2) is 0 Å². The van der Waals surface area contributed by atoms with Crippen LogP contribution in [0.25, 0.3) is 6.08 Å². The summed E-state index contributed by atoms with van der Waals surface area (Å²) < 4.78 is 29.4. The molecule has 6 heteroatoms. The lowest BCUT2D eigenvalue weighted by atomic mass is 10.0. The Morgan fingerprint density at radius 1 is 1.21 bits per heavy atom. The van der Waals surface area contributed by atoms with Gasteiger partial charge in [0, 0.05) is 37.3 Å². The molecule has 3 rings (SSSR count). The van der Waals surface area contributed by atoms with E-state index < -0.39 is 6.61 Å². The van der Waals surface area contributed by atoms with Crippen LogP contribution in [0.3, 0.4) is 0 Å². The largest absolute Gasteiger partial charge is 0.434 e. The number of carbonyl (C=O) groups is 1. The van der Waals surface area contributed by atoms with Crippen molar-refractivity contribution in [1.29, 1.82) is 0 Å². The van der Waals surface area contributed by atoms with E-state index in [1.165, 1.54) is 29.3 Å². The lowest BCUT2D eigenvalue weighted by molar-refractivity contribution is -0.117. The molecule has 1 aliphatic rings. The molecule has 0 spiro atoms. The first kappa shape index (κ1) is 21.0. The fourth-order valence-electron chi connectivity index (χ4n) is 3.54. The number of hydrogen-bond donors (Lipinski definition) is 1. The van der Waals surface area contributed by atoms with Gasteiger partial charge in [0.2, 0.25) is 5.91 Å². The summed E-state index contributed by atoms with van der Waals surface area (Å²) in [5, 5.41) is 3.00. The first-order chi connectivity index (χ1) is 14.0. The first-order valence-corrected chi connectivity index (χ1v) is 9.80. The predicted octanol–water partition coefficient (Wildman–Crippen LogP) is 4.39. The van der Waals surface area contributed by atoms with Gasteiger partial charge in [0.05, 0.1) is 0 Å². The van der Waals surface area contributed by atoms with E-state index in [0.29, 0.717) is 5.56 Å². The minimum absolute atomic E-state index is 0.0519. The zero-order valence-corrected chi connectivity index (χ0v) is 16.5. The standard InChI is InChI=1S/C23H26F2N2O2/c1-17-5-4-6-18(15-17)16-27-13-11-20(12-14-27)26-22(28)10-9-19-7-2-3-8-21(19)29-23(24)25/h2-10,15,20,23H,11-14,16H2,1H3,(H,26,28). The molecule has 2 aromatic rings. The van der Waals surface area contributed by atoms with Gasteiger partial charge in [-0.2, -0.15) is 8.78 Å². The number of ether oxygens (including phenoxy) is 1. The number of nitrogens with one attached hydrogen (secondary N) is 1. The summed E-state index contributed by atoms with van der Waals surface area (Å²) in [6.07, 6.45) is 4.64. The van der Waals surface area contributed by atoms with Crippen molar-refractivity contribution in [3.63, 3.8) is 0 Å². The second-order valence-electron chi connectivity index (χ2n) is 7.30. The van der Waals surface area contributed by atoms with E-state index in [9.17, 15) is 13.6 Å². The Hall–Kier alpha value is -2.73. The van der Waals surface area contributed by atoms with E-state index >= 15 is 0 Å². The van der Waals surface area contributed by atoms with Crippen LogP contribution in [0.4, 0.5) is 8.78 Å². The summed E-state index contributed by atoms with van der Waals surface area (Å²) in [6, 6.07) is 15.0. The number of nitrogens with zero attached hydrogens (tertiary/aromatic N) is 1. The molecule has 2 aromatic carbocycles. The van der Waals surface area contributed by atoms with Crippen molar-refractivity contribution < 1.29 is 18.3 Å². The fourth-order valence-corrected chi connectivity index (χ4v) is 3.54. The number of halogens is 2. The molecule has 1 amide bonds. The summed E-state index contributed by atoms with van der Waals surface area (Å²) in [4.78, 5) is 14.6. The summed E-state index contributed by atoms with van der Waals surface area (Å²) in [7, 11) is 0. The fraction of sp³-hybridized carbons (Fsp3) is 0.348. The maximum atomic E-state index is 12.5. The smallest absolute Gasteiger partial charge is 0.387 e. The zero-order valence-electron chi connectivity index (χ0n) is 16.5. The lowest BCUT2D eigenvalue weighted by Crippen LogP contribution is -2.43. The molecule has 1 N–H and O–H groups in total. The van der Waals surface area contributed by atoms with Crippen LogP contribution in [-0.4, -0.2) is 36.5 Å². The van der Waals surface area contributed by atoms with Gasteiger partial charge in [-0.1, -0.05) is 48.0 Å². The molecule has 0 atom stereocenters. The van der Waals surface area contributed by atoms with Crippen molar-refractivity contribution in [2.45, 2.75) is 39.0 Å². The van der Waals surface area contributed by atoms with Crippen molar-refractivity contribution in [2.24, 2.45) is 0 Å². The summed E-state index contributed by atoms with van der Waals surface area (Å²) in [6.45, 7) is 1.96. The number of rotatable bonds is 7. The number of carbonyl (C=O) groups excluding carboxylic acids is 1. The highest BCUT2D eigenvalue weighted by atomic mass is 19.3. The normalized spacial score (nSPS) is 15.7. The molecular weight excluding hydrogens is 374 g/mol. The van der Waals surface area contributed by atoms with Crippen LogP contribution >= 0.6 is 0 Å². The highest BCUT2D eigenvalue weighted by Crippen LogP contribution is 2.21. The van der Waals surface area contributed by atoms with Gasteiger partial charge in [-0.05, 0) is 37.5 Å². The second-order valence-corrected chi connectivity index (χ2v) is 7.30. The third-order valence-corrected chi connectivity index (χ3v) is 4.97. The molecule has 1 heterocycles. The summed E-state index contributed by atoms with van der Waals surface area (Å²) >= 11 is 0. The van der Waals surface area contributed by atoms with E-state index in [-0.39, 0.29) is 17.7 Å². The van der Waals surface area contributed by atoms with Gasteiger partial charge >= 0.3 is 6.61 Å². The van der Waals surface area contributed by atoms with E-state index in [1.807, 2.05) is 0 Å². The average Bonchev–Trinajstić information content (AvgIpc) is 2.68. The number of likely N-dealkylation sites (tertiary alicyclic amines) is 1. The average molecular weight is 400 g/mol. The van der Waals surface area contributed by atoms with Crippen molar-refractivity contribution in [3.8, 4) is 5.75 Å². The van der Waals surface area contributed by atoms with Gasteiger partial charge < -0.3 is 10.1 Å². The number of para-hydroxylation sites is 1. The Morgan fingerprint density at radius 2 is 1.97 bits per heavy atom.